The second-order valence-corrected chi connectivity index (χ2v) is 3.36. The molecule has 0 amide bonds. The van der Waals surface area contributed by atoms with E-state index in [1.807, 2.05) is 12.2 Å². The number of Topliss-reactive ketones (excluding diaryl/α,β-unsaturated/α-hetero) is 2. The zero-order valence-electron chi connectivity index (χ0n) is 7.54. The van der Waals surface area contributed by atoms with Gasteiger partial charge in [0.2, 0.25) is 0 Å². The first-order valence-corrected chi connectivity index (χ1v) is 4.30. The standard InChI is InChI=1S/C10H14O2/c1-7(11)9-5-3-4-6-10(9)8(2)12/h3,5,9-10H,4,6H2,1-2H3/t9-,10+/m1/s1. The maximum absolute atomic E-state index is 11.1. The number of rotatable bonds is 2. The summed E-state index contributed by atoms with van der Waals surface area (Å²) in [6.45, 7) is 3.12. The lowest BCUT2D eigenvalue weighted by molar-refractivity contribution is -0.129. The molecule has 0 saturated carbocycles. The Morgan fingerprint density at radius 3 is 2.33 bits per heavy atom. The maximum atomic E-state index is 11.1. The van der Waals surface area contributed by atoms with Crippen LogP contribution >= 0.6 is 0 Å². The van der Waals surface area contributed by atoms with Crippen LogP contribution in [0.1, 0.15) is 26.7 Å². The van der Waals surface area contributed by atoms with Crippen molar-refractivity contribution >= 4 is 11.6 Å². The van der Waals surface area contributed by atoms with Crippen molar-refractivity contribution in [3.63, 3.8) is 0 Å². The fraction of sp³-hybridized carbons (Fsp3) is 0.600. The molecule has 1 aliphatic carbocycles. The number of carbonyl (C=O) groups excluding carboxylic acids is 2. The van der Waals surface area contributed by atoms with E-state index < -0.39 is 0 Å². The van der Waals surface area contributed by atoms with Crippen molar-refractivity contribution < 1.29 is 9.59 Å². The highest BCUT2D eigenvalue weighted by Crippen LogP contribution is 2.26. The van der Waals surface area contributed by atoms with Gasteiger partial charge in [-0.25, -0.2) is 0 Å². The molecular formula is C10H14O2. The summed E-state index contributed by atoms with van der Waals surface area (Å²) in [5.74, 6) is 0.0226. The van der Waals surface area contributed by atoms with Gasteiger partial charge in [-0.15, -0.1) is 0 Å². The number of carbonyl (C=O) groups is 2. The molecule has 0 aromatic rings. The third-order valence-electron chi connectivity index (χ3n) is 2.41. The summed E-state index contributed by atoms with van der Waals surface area (Å²) in [5, 5.41) is 0. The van der Waals surface area contributed by atoms with Crippen molar-refractivity contribution in [1.29, 1.82) is 0 Å². The molecule has 1 rings (SSSR count). The Bertz CT molecular complexity index is 228. The molecule has 0 fully saturated rings. The Morgan fingerprint density at radius 2 is 1.92 bits per heavy atom. The fourth-order valence-corrected chi connectivity index (χ4v) is 1.71. The van der Waals surface area contributed by atoms with Gasteiger partial charge in [0.15, 0.2) is 0 Å². The highest BCUT2D eigenvalue weighted by atomic mass is 16.1. The molecule has 2 heteroatoms. The molecule has 2 nitrogen and oxygen atoms in total. The molecule has 0 bridgehead atoms. The summed E-state index contributed by atoms with van der Waals surface area (Å²) < 4.78 is 0. The summed E-state index contributed by atoms with van der Waals surface area (Å²) in [7, 11) is 0. The number of ketones is 2. The van der Waals surface area contributed by atoms with Crippen LogP contribution in [0.3, 0.4) is 0 Å². The Balaban J connectivity index is 2.79. The highest BCUT2D eigenvalue weighted by Gasteiger charge is 2.28. The van der Waals surface area contributed by atoms with Gasteiger partial charge in [-0.05, 0) is 26.7 Å². The number of hydrogen-bond donors (Lipinski definition) is 0. The molecule has 0 radical (unpaired) electrons. The minimum Gasteiger partial charge on any atom is -0.300 e. The SMILES string of the molecule is CC(=O)[C@H]1C=CCC[C@H]1C(C)=O. The average molecular weight is 166 g/mol. The van der Waals surface area contributed by atoms with E-state index in [4.69, 9.17) is 0 Å². The third-order valence-corrected chi connectivity index (χ3v) is 2.41. The fourth-order valence-electron chi connectivity index (χ4n) is 1.71. The van der Waals surface area contributed by atoms with E-state index in [-0.39, 0.29) is 23.4 Å². The Hall–Kier alpha value is -0.920. The second kappa shape index (κ2) is 3.65. The second-order valence-electron chi connectivity index (χ2n) is 3.36. The lowest BCUT2D eigenvalue weighted by Gasteiger charge is -2.22. The van der Waals surface area contributed by atoms with Crippen molar-refractivity contribution in [2.75, 3.05) is 0 Å². The van der Waals surface area contributed by atoms with Gasteiger partial charge in [0.05, 0.1) is 0 Å². The Kier molecular flexibility index (Phi) is 2.79. The zero-order valence-corrected chi connectivity index (χ0v) is 7.54. The lowest BCUT2D eigenvalue weighted by atomic mass is 9.79. The van der Waals surface area contributed by atoms with Crippen LogP contribution in [0.15, 0.2) is 12.2 Å². The molecule has 0 spiro atoms. The van der Waals surface area contributed by atoms with Crippen LogP contribution in [0.5, 0.6) is 0 Å². The van der Waals surface area contributed by atoms with Crippen molar-refractivity contribution in [3.05, 3.63) is 12.2 Å². The molecule has 0 saturated heterocycles. The number of hydrogen-bond acceptors (Lipinski definition) is 2. The first kappa shape index (κ1) is 9.17. The summed E-state index contributed by atoms with van der Waals surface area (Å²) >= 11 is 0. The normalized spacial score (nSPS) is 28.5. The molecule has 1 aliphatic rings. The van der Waals surface area contributed by atoms with E-state index in [0.29, 0.717) is 0 Å². The van der Waals surface area contributed by atoms with E-state index >= 15 is 0 Å². The third kappa shape index (κ3) is 1.81. The predicted octanol–water partition coefficient (Wildman–Crippen LogP) is 1.75. The van der Waals surface area contributed by atoms with E-state index in [1.54, 1.807) is 13.8 Å². The Labute approximate surface area is 72.7 Å². The van der Waals surface area contributed by atoms with E-state index in [9.17, 15) is 9.59 Å². The molecule has 0 N–H and O–H groups in total. The average Bonchev–Trinajstić information content (AvgIpc) is 2.04. The first-order valence-electron chi connectivity index (χ1n) is 4.30. The molecule has 0 heterocycles. The molecule has 66 valence electrons. The van der Waals surface area contributed by atoms with Crippen LogP contribution in [0.25, 0.3) is 0 Å². The first-order chi connectivity index (χ1) is 5.63. The zero-order chi connectivity index (χ0) is 9.14. The summed E-state index contributed by atoms with van der Waals surface area (Å²) in [4.78, 5) is 22.2. The van der Waals surface area contributed by atoms with Gasteiger partial charge >= 0.3 is 0 Å². The van der Waals surface area contributed by atoms with Crippen molar-refractivity contribution in [2.45, 2.75) is 26.7 Å². The van der Waals surface area contributed by atoms with Gasteiger partial charge < -0.3 is 0 Å². The summed E-state index contributed by atoms with van der Waals surface area (Å²) in [5.41, 5.74) is 0. The maximum Gasteiger partial charge on any atom is 0.137 e. The number of allylic oxidation sites excluding steroid dienone is 2. The predicted molar refractivity (Wildman–Crippen MR) is 46.7 cm³/mol. The van der Waals surface area contributed by atoms with E-state index in [2.05, 4.69) is 0 Å². The Morgan fingerprint density at radius 1 is 1.25 bits per heavy atom. The van der Waals surface area contributed by atoms with Crippen LogP contribution in [-0.2, 0) is 9.59 Å². The van der Waals surface area contributed by atoms with Crippen LogP contribution in [0.4, 0.5) is 0 Å². The quantitative estimate of drug-likeness (QED) is 0.585. The van der Waals surface area contributed by atoms with Crippen LogP contribution in [0.2, 0.25) is 0 Å². The molecule has 2 atom stereocenters. The topological polar surface area (TPSA) is 34.1 Å². The van der Waals surface area contributed by atoms with Gasteiger partial charge in [0.1, 0.15) is 11.6 Å². The minimum absolute atomic E-state index is 0.0625. The lowest BCUT2D eigenvalue weighted by Crippen LogP contribution is -2.27. The molecule has 12 heavy (non-hydrogen) atoms. The largest absolute Gasteiger partial charge is 0.300 e. The van der Waals surface area contributed by atoms with Crippen LogP contribution < -0.4 is 0 Å². The van der Waals surface area contributed by atoms with Crippen LogP contribution in [-0.4, -0.2) is 11.6 Å². The summed E-state index contributed by atoms with van der Waals surface area (Å²) in [6, 6.07) is 0. The molecule has 0 aliphatic heterocycles. The van der Waals surface area contributed by atoms with Crippen molar-refractivity contribution in [1.82, 2.24) is 0 Å². The molecule has 0 aromatic heterocycles. The smallest absolute Gasteiger partial charge is 0.137 e. The van der Waals surface area contributed by atoms with E-state index in [0.717, 1.165) is 12.8 Å². The summed E-state index contributed by atoms with van der Waals surface area (Å²) in [6.07, 6.45) is 5.62. The van der Waals surface area contributed by atoms with Gasteiger partial charge in [-0.1, -0.05) is 12.2 Å². The molecular weight excluding hydrogens is 152 g/mol. The van der Waals surface area contributed by atoms with E-state index in [1.165, 1.54) is 0 Å². The minimum atomic E-state index is -0.156. The van der Waals surface area contributed by atoms with Gasteiger partial charge in [-0.2, -0.15) is 0 Å². The van der Waals surface area contributed by atoms with Crippen molar-refractivity contribution in [3.8, 4) is 0 Å². The van der Waals surface area contributed by atoms with Crippen molar-refractivity contribution in [2.24, 2.45) is 11.8 Å². The molecule has 0 unspecified atom stereocenters. The molecule has 0 aromatic carbocycles. The van der Waals surface area contributed by atoms with Gasteiger partial charge in [0, 0.05) is 11.8 Å². The van der Waals surface area contributed by atoms with Gasteiger partial charge in [0.25, 0.3) is 0 Å². The van der Waals surface area contributed by atoms with Gasteiger partial charge in [-0.3, -0.25) is 9.59 Å². The van der Waals surface area contributed by atoms with Crippen LogP contribution in [0, 0.1) is 11.8 Å². The monoisotopic (exact) mass is 166 g/mol. The highest BCUT2D eigenvalue weighted by molar-refractivity contribution is 5.89.